The van der Waals surface area contributed by atoms with Crippen molar-refractivity contribution in [3.63, 3.8) is 0 Å². The normalized spacial score (nSPS) is 11.1. The number of hydrogen-bond acceptors (Lipinski definition) is 3. The number of hydrogen-bond donors (Lipinski definition) is 0. The Morgan fingerprint density at radius 2 is 1.88 bits per heavy atom. The Morgan fingerprint density at radius 1 is 1.29 bits per heavy atom. The van der Waals surface area contributed by atoms with Crippen LogP contribution < -0.4 is 4.74 Å². The van der Waals surface area contributed by atoms with Gasteiger partial charge >= 0.3 is 5.97 Å². The molecule has 1 aromatic rings. The molecule has 0 spiro atoms. The van der Waals surface area contributed by atoms with Crippen LogP contribution in [0, 0.1) is 5.82 Å². The molecule has 0 fully saturated rings. The second kappa shape index (κ2) is 5.66. The molecule has 3 nitrogen and oxygen atoms in total. The van der Waals surface area contributed by atoms with Gasteiger partial charge in [-0.1, -0.05) is 0 Å². The van der Waals surface area contributed by atoms with E-state index >= 15 is 0 Å². The van der Waals surface area contributed by atoms with E-state index in [2.05, 4.69) is 0 Å². The van der Waals surface area contributed by atoms with Crippen LogP contribution in [0.25, 0.3) is 0 Å². The fourth-order valence-electron chi connectivity index (χ4n) is 1.42. The number of carbonyl (C=O) groups excluding carboxylic acids is 1. The second-order valence-corrected chi connectivity index (χ2v) is 4.30. The van der Waals surface area contributed by atoms with Gasteiger partial charge in [-0.3, -0.25) is 4.79 Å². The molecular formula is C13H17FO3. The van der Waals surface area contributed by atoms with E-state index in [1.165, 1.54) is 24.3 Å². The fourth-order valence-corrected chi connectivity index (χ4v) is 1.42. The lowest BCUT2D eigenvalue weighted by Gasteiger charge is -2.25. The molecule has 17 heavy (non-hydrogen) atoms. The van der Waals surface area contributed by atoms with Gasteiger partial charge < -0.3 is 9.47 Å². The van der Waals surface area contributed by atoms with Crippen molar-refractivity contribution in [1.82, 2.24) is 0 Å². The van der Waals surface area contributed by atoms with Crippen molar-refractivity contribution in [1.29, 1.82) is 0 Å². The summed E-state index contributed by atoms with van der Waals surface area (Å²) in [4.78, 5) is 11.3. The summed E-state index contributed by atoms with van der Waals surface area (Å²) >= 11 is 0. The first-order valence-electron chi connectivity index (χ1n) is 5.53. The summed E-state index contributed by atoms with van der Waals surface area (Å²) in [6.07, 6.45) is 0.151. The third-order valence-corrected chi connectivity index (χ3v) is 2.08. The Bertz CT molecular complexity index is 371. The van der Waals surface area contributed by atoms with E-state index in [-0.39, 0.29) is 18.2 Å². The van der Waals surface area contributed by atoms with Crippen molar-refractivity contribution in [2.24, 2.45) is 0 Å². The van der Waals surface area contributed by atoms with E-state index < -0.39 is 5.60 Å². The van der Waals surface area contributed by atoms with Crippen molar-refractivity contribution >= 4 is 5.97 Å². The minimum atomic E-state index is -0.677. The Kier molecular flexibility index (Phi) is 4.49. The number of rotatable bonds is 5. The second-order valence-electron chi connectivity index (χ2n) is 4.30. The number of carbonyl (C=O) groups is 1. The van der Waals surface area contributed by atoms with Crippen LogP contribution in [-0.4, -0.2) is 18.2 Å². The molecule has 0 radical (unpaired) electrons. The minimum absolute atomic E-state index is 0.151. The van der Waals surface area contributed by atoms with Crippen molar-refractivity contribution in [3.8, 4) is 5.75 Å². The highest BCUT2D eigenvalue weighted by atomic mass is 19.1. The maximum absolute atomic E-state index is 12.7. The molecule has 1 aromatic carbocycles. The van der Waals surface area contributed by atoms with Crippen LogP contribution in [0.2, 0.25) is 0 Å². The Hall–Kier alpha value is -1.58. The first kappa shape index (κ1) is 13.5. The van der Waals surface area contributed by atoms with Crippen LogP contribution in [0.4, 0.5) is 4.39 Å². The van der Waals surface area contributed by atoms with Gasteiger partial charge in [0.25, 0.3) is 0 Å². The number of ether oxygens (including phenoxy) is 2. The highest BCUT2D eigenvalue weighted by molar-refractivity contribution is 5.70. The Morgan fingerprint density at radius 3 is 2.41 bits per heavy atom. The standard InChI is InChI=1S/C13H17FO3/c1-4-16-12(15)9-13(2,3)17-11-7-5-10(14)6-8-11/h5-8H,4,9H2,1-3H3. The monoisotopic (exact) mass is 240 g/mol. The Labute approximate surface area is 101 Å². The van der Waals surface area contributed by atoms with E-state index in [0.29, 0.717) is 12.4 Å². The van der Waals surface area contributed by atoms with Gasteiger partial charge in [0.1, 0.15) is 17.2 Å². The van der Waals surface area contributed by atoms with E-state index in [9.17, 15) is 9.18 Å². The maximum atomic E-state index is 12.7. The van der Waals surface area contributed by atoms with Crippen molar-refractivity contribution in [2.75, 3.05) is 6.61 Å². The average Bonchev–Trinajstić information content (AvgIpc) is 2.20. The molecule has 1 rings (SSSR count). The molecule has 0 heterocycles. The fraction of sp³-hybridized carbons (Fsp3) is 0.462. The molecule has 0 amide bonds. The van der Waals surface area contributed by atoms with Crippen molar-refractivity contribution < 1.29 is 18.7 Å². The van der Waals surface area contributed by atoms with E-state index in [4.69, 9.17) is 9.47 Å². The number of halogens is 1. The molecule has 94 valence electrons. The van der Waals surface area contributed by atoms with Crippen molar-refractivity contribution in [2.45, 2.75) is 32.8 Å². The van der Waals surface area contributed by atoms with Gasteiger partial charge in [-0.15, -0.1) is 0 Å². The molecule has 0 saturated carbocycles. The quantitative estimate of drug-likeness (QED) is 0.742. The molecule has 0 aromatic heterocycles. The number of esters is 1. The van der Waals surface area contributed by atoms with Gasteiger partial charge in [0.15, 0.2) is 0 Å². The Balaban J connectivity index is 2.59. The summed E-state index contributed by atoms with van der Waals surface area (Å²) in [6, 6.07) is 5.69. The topological polar surface area (TPSA) is 35.5 Å². The molecule has 0 aliphatic rings. The largest absolute Gasteiger partial charge is 0.487 e. The van der Waals surface area contributed by atoms with Crippen LogP contribution in [0.3, 0.4) is 0 Å². The maximum Gasteiger partial charge on any atom is 0.309 e. The van der Waals surface area contributed by atoms with Gasteiger partial charge in [-0.05, 0) is 45.0 Å². The number of benzene rings is 1. The predicted octanol–water partition coefficient (Wildman–Crippen LogP) is 2.94. The molecular weight excluding hydrogens is 223 g/mol. The summed E-state index contributed by atoms with van der Waals surface area (Å²) in [6.45, 7) is 5.68. The summed E-state index contributed by atoms with van der Waals surface area (Å²) in [5.41, 5.74) is -0.677. The predicted molar refractivity (Wildman–Crippen MR) is 62.4 cm³/mol. The van der Waals surface area contributed by atoms with Crippen LogP contribution in [0.5, 0.6) is 5.75 Å². The zero-order valence-electron chi connectivity index (χ0n) is 10.3. The van der Waals surface area contributed by atoms with Gasteiger partial charge in [0.05, 0.1) is 13.0 Å². The molecule has 0 aliphatic carbocycles. The van der Waals surface area contributed by atoms with E-state index in [0.717, 1.165) is 0 Å². The molecule has 0 saturated heterocycles. The molecule has 0 unspecified atom stereocenters. The zero-order valence-corrected chi connectivity index (χ0v) is 10.3. The van der Waals surface area contributed by atoms with Crippen molar-refractivity contribution in [3.05, 3.63) is 30.1 Å². The molecule has 4 heteroatoms. The summed E-state index contributed by atoms with van der Waals surface area (Å²) in [7, 11) is 0. The van der Waals surface area contributed by atoms with Gasteiger partial charge in [-0.2, -0.15) is 0 Å². The van der Waals surface area contributed by atoms with Gasteiger partial charge in [-0.25, -0.2) is 4.39 Å². The van der Waals surface area contributed by atoms with Crippen LogP contribution in [-0.2, 0) is 9.53 Å². The lowest BCUT2D eigenvalue weighted by atomic mass is 10.1. The lowest BCUT2D eigenvalue weighted by Crippen LogP contribution is -2.32. The van der Waals surface area contributed by atoms with Crippen LogP contribution >= 0.6 is 0 Å². The third-order valence-electron chi connectivity index (χ3n) is 2.08. The molecule has 0 aliphatic heterocycles. The smallest absolute Gasteiger partial charge is 0.309 e. The molecule has 0 N–H and O–H groups in total. The average molecular weight is 240 g/mol. The first-order valence-corrected chi connectivity index (χ1v) is 5.53. The highest BCUT2D eigenvalue weighted by Crippen LogP contribution is 2.21. The van der Waals surface area contributed by atoms with E-state index in [1.54, 1.807) is 20.8 Å². The van der Waals surface area contributed by atoms with Gasteiger partial charge in [0.2, 0.25) is 0 Å². The van der Waals surface area contributed by atoms with E-state index in [1.807, 2.05) is 0 Å². The van der Waals surface area contributed by atoms with Crippen LogP contribution in [0.1, 0.15) is 27.2 Å². The summed E-state index contributed by atoms with van der Waals surface area (Å²) < 4.78 is 23.2. The molecule has 0 atom stereocenters. The first-order chi connectivity index (χ1) is 7.93. The highest BCUT2D eigenvalue weighted by Gasteiger charge is 2.24. The lowest BCUT2D eigenvalue weighted by molar-refractivity contribution is -0.146. The minimum Gasteiger partial charge on any atom is -0.487 e. The molecule has 0 bridgehead atoms. The van der Waals surface area contributed by atoms with Crippen LogP contribution in [0.15, 0.2) is 24.3 Å². The summed E-state index contributed by atoms with van der Waals surface area (Å²) in [5.74, 6) is -0.0964. The third kappa shape index (κ3) is 4.85. The zero-order chi connectivity index (χ0) is 12.9. The SMILES string of the molecule is CCOC(=O)CC(C)(C)Oc1ccc(F)cc1. The van der Waals surface area contributed by atoms with Gasteiger partial charge in [0, 0.05) is 0 Å². The summed E-state index contributed by atoms with van der Waals surface area (Å²) in [5, 5.41) is 0.